The first-order valence-electron chi connectivity index (χ1n) is 11.7. The molecule has 1 saturated heterocycles. The summed E-state index contributed by atoms with van der Waals surface area (Å²) >= 11 is 0. The van der Waals surface area contributed by atoms with Gasteiger partial charge in [0.15, 0.2) is 11.5 Å². The number of phenolic OH excluding ortho intramolecular Hbond substituents is 1. The molecule has 0 aliphatic carbocycles. The molecule has 33 heavy (non-hydrogen) atoms. The zero-order valence-electron chi connectivity index (χ0n) is 19.2. The third-order valence-corrected chi connectivity index (χ3v) is 7.44. The Hall–Kier alpha value is -3.06. The van der Waals surface area contributed by atoms with E-state index in [-0.39, 0.29) is 23.3 Å². The number of aromatic nitrogens is 1. The van der Waals surface area contributed by atoms with Crippen molar-refractivity contribution in [1.29, 1.82) is 0 Å². The third kappa shape index (κ3) is 4.06. The predicted molar refractivity (Wildman–Crippen MR) is 126 cm³/mol. The van der Waals surface area contributed by atoms with E-state index in [9.17, 15) is 14.7 Å². The minimum Gasteiger partial charge on any atom is -0.504 e. The van der Waals surface area contributed by atoms with E-state index in [1.165, 1.54) is 7.11 Å². The lowest BCUT2D eigenvalue weighted by atomic mass is 9.83. The minimum absolute atomic E-state index is 0.00860. The molecule has 7 nitrogen and oxygen atoms in total. The molecule has 2 aromatic rings. The average Bonchev–Trinajstić information content (AvgIpc) is 2.79. The van der Waals surface area contributed by atoms with Gasteiger partial charge in [0.05, 0.1) is 13.2 Å². The Morgan fingerprint density at radius 1 is 1.24 bits per heavy atom. The van der Waals surface area contributed by atoms with Crippen LogP contribution in [0.15, 0.2) is 47.3 Å². The molecule has 174 valence electrons. The smallest absolute Gasteiger partial charge is 0.250 e. The number of carbonyl (C=O) groups excluding carboxylic acids is 1. The predicted octanol–water partition coefficient (Wildman–Crippen LogP) is 2.68. The molecule has 1 fully saturated rings. The summed E-state index contributed by atoms with van der Waals surface area (Å²) in [5.74, 6) is 1.44. The standard InChI is InChI=1S/C26H31N3O4/c1-17-21-13-24(33-2)23(30)12-19(21)8-10-28(17)25(31)7-4-9-27-14-18-11-20(16-27)22-5-3-6-26(32)29(22)15-18/h3-7,12-13,17-18,20,30H,8-11,14-16H2,1-2H3. The van der Waals surface area contributed by atoms with Gasteiger partial charge in [0.2, 0.25) is 5.91 Å². The van der Waals surface area contributed by atoms with Gasteiger partial charge in [0.1, 0.15) is 0 Å². The van der Waals surface area contributed by atoms with Crippen LogP contribution in [0.4, 0.5) is 0 Å². The number of hydrogen-bond donors (Lipinski definition) is 1. The summed E-state index contributed by atoms with van der Waals surface area (Å²) in [5.41, 5.74) is 3.33. The summed E-state index contributed by atoms with van der Waals surface area (Å²) in [6, 6.07) is 9.10. The molecule has 3 atom stereocenters. The quantitative estimate of drug-likeness (QED) is 0.727. The van der Waals surface area contributed by atoms with Crippen LogP contribution in [0.3, 0.4) is 0 Å². The molecule has 1 aromatic carbocycles. The minimum atomic E-state index is -0.0791. The molecule has 1 aromatic heterocycles. The number of pyridine rings is 1. The van der Waals surface area contributed by atoms with Crippen LogP contribution in [0.1, 0.15) is 42.1 Å². The van der Waals surface area contributed by atoms with Crippen LogP contribution in [-0.4, -0.2) is 58.7 Å². The van der Waals surface area contributed by atoms with Crippen molar-refractivity contribution in [2.45, 2.75) is 38.3 Å². The van der Waals surface area contributed by atoms with Crippen molar-refractivity contribution in [2.75, 3.05) is 33.3 Å². The van der Waals surface area contributed by atoms with E-state index in [1.54, 1.807) is 18.2 Å². The third-order valence-electron chi connectivity index (χ3n) is 7.44. The number of aromatic hydroxyl groups is 1. The van der Waals surface area contributed by atoms with E-state index in [4.69, 9.17) is 4.74 Å². The number of rotatable bonds is 4. The second-order valence-electron chi connectivity index (χ2n) is 9.50. The van der Waals surface area contributed by atoms with E-state index in [2.05, 4.69) is 11.0 Å². The molecule has 3 unspecified atom stereocenters. The van der Waals surface area contributed by atoms with Gasteiger partial charge >= 0.3 is 0 Å². The Labute approximate surface area is 193 Å². The van der Waals surface area contributed by atoms with E-state index in [0.717, 1.165) is 49.4 Å². The van der Waals surface area contributed by atoms with Crippen molar-refractivity contribution in [2.24, 2.45) is 5.92 Å². The normalized spacial score (nSPS) is 24.4. The fourth-order valence-electron chi connectivity index (χ4n) is 5.84. The average molecular weight is 450 g/mol. The van der Waals surface area contributed by atoms with E-state index < -0.39 is 0 Å². The Morgan fingerprint density at radius 3 is 2.91 bits per heavy atom. The number of fused-ring (bicyclic) bond motifs is 5. The summed E-state index contributed by atoms with van der Waals surface area (Å²) in [4.78, 5) is 29.5. The number of methoxy groups -OCH3 is 1. The molecular weight excluding hydrogens is 418 g/mol. The van der Waals surface area contributed by atoms with Crippen LogP contribution >= 0.6 is 0 Å². The summed E-state index contributed by atoms with van der Waals surface area (Å²) in [5, 5.41) is 10.1. The van der Waals surface area contributed by atoms with Crippen LogP contribution in [-0.2, 0) is 17.8 Å². The lowest BCUT2D eigenvalue weighted by Crippen LogP contribution is -2.47. The van der Waals surface area contributed by atoms with Crippen molar-refractivity contribution in [3.8, 4) is 11.5 Å². The van der Waals surface area contributed by atoms with Crippen molar-refractivity contribution in [3.63, 3.8) is 0 Å². The molecule has 3 aliphatic rings. The number of ether oxygens (including phenoxy) is 1. The molecule has 3 aliphatic heterocycles. The number of hydrogen-bond acceptors (Lipinski definition) is 5. The molecule has 1 N–H and O–H groups in total. The van der Waals surface area contributed by atoms with Gasteiger partial charge in [-0.05, 0) is 55.0 Å². The first-order chi connectivity index (χ1) is 15.9. The van der Waals surface area contributed by atoms with E-state index in [1.807, 2.05) is 34.6 Å². The van der Waals surface area contributed by atoms with Crippen molar-refractivity contribution in [3.05, 3.63) is 69.7 Å². The second kappa shape index (κ2) is 8.71. The highest BCUT2D eigenvalue weighted by atomic mass is 16.5. The van der Waals surface area contributed by atoms with E-state index >= 15 is 0 Å². The van der Waals surface area contributed by atoms with Crippen LogP contribution in [0, 0.1) is 5.92 Å². The summed E-state index contributed by atoms with van der Waals surface area (Å²) in [6.07, 6.45) is 5.51. The van der Waals surface area contributed by atoms with Gasteiger partial charge in [-0.1, -0.05) is 12.1 Å². The van der Waals surface area contributed by atoms with Crippen molar-refractivity contribution in [1.82, 2.24) is 14.4 Å². The Balaban J connectivity index is 1.23. The number of piperidine rings is 1. The zero-order chi connectivity index (χ0) is 23.1. The van der Waals surface area contributed by atoms with Crippen LogP contribution < -0.4 is 10.3 Å². The second-order valence-corrected chi connectivity index (χ2v) is 9.50. The fourth-order valence-corrected chi connectivity index (χ4v) is 5.84. The fraction of sp³-hybridized carbons (Fsp3) is 0.462. The molecule has 4 heterocycles. The first kappa shape index (κ1) is 21.8. The molecule has 5 rings (SSSR count). The summed E-state index contributed by atoms with van der Waals surface area (Å²) < 4.78 is 7.20. The number of carbonyl (C=O) groups is 1. The lowest BCUT2D eigenvalue weighted by molar-refractivity contribution is -0.128. The Morgan fingerprint density at radius 2 is 2.09 bits per heavy atom. The highest BCUT2D eigenvalue weighted by Gasteiger charge is 2.34. The van der Waals surface area contributed by atoms with Gasteiger partial charge in [-0.25, -0.2) is 0 Å². The van der Waals surface area contributed by atoms with E-state index in [0.29, 0.717) is 30.6 Å². The highest BCUT2D eigenvalue weighted by molar-refractivity contribution is 5.88. The highest BCUT2D eigenvalue weighted by Crippen LogP contribution is 2.37. The summed E-state index contributed by atoms with van der Waals surface area (Å²) in [7, 11) is 1.53. The zero-order valence-corrected chi connectivity index (χ0v) is 19.2. The van der Waals surface area contributed by atoms with Crippen LogP contribution in [0.5, 0.6) is 11.5 Å². The van der Waals surface area contributed by atoms with Gasteiger partial charge < -0.3 is 19.3 Å². The van der Waals surface area contributed by atoms with Crippen LogP contribution in [0.2, 0.25) is 0 Å². The molecule has 1 amide bonds. The number of benzene rings is 1. The Kier molecular flexibility index (Phi) is 5.74. The van der Waals surface area contributed by atoms with Crippen LogP contribution in [0.25, 0.3) is 0 Å². The largest absolute Gasteiger partial charge is 0.504 e. The maximum atomic E-state index is 13.0. The van der Waals surface area contributed by atoms with Crippen molar-refractivity contribution < 1.29 is 14.6 Å². The summed E-state index contributed by atoms with van der Waals surface area (Å²) in [6.45, 7) is 6.03. The van der Waals surface area contributed by atoms with Gasteiger partial charge in [0.25, 0.3) is 5.56 Å². The maximum absolute atomic E-state index is 13.0. The van der Waals surface area contributed by atoms with Crippen molar-refractivity contribution >= 4 is 5.91 Å². The Bertz CT molecular complexity index is 1150. The SMILES string of the molecule is COc1cc2c(cc1O)CCN(C(=O)C=CCN1CC3CC(C1)c1cccc(=O)n1C3)C2C. The van der Waals surface area contributed by atoms with Gasteiger partial charge in [-0.3, -0.25) is 14.5 Å². The number of phenols is 1. The monoisotopic (exact) mass is 449 g/mol. The lowest BCUT2D eigenvalue weighted by Gasteiger charge is -2.42. The molecule has 0 spiro atoms. The number of amides is 1. The van der Waals surface area contributed by atoms with Gasteiger partial charge in [-0.15, -0.1) is 0 Å². The first-order valence-corrected chi connectivity index (χ1v) is 11.7. The molecule has 0 saturated carbocycles. The van der Waals surface area contributed by atoms with Gasteiger partial charge in [0, 0.05) is 56.5 Å². The maximum Gasteiger partial charge on any atom is 0.250 e. The molecule has 0 radical (unpaired) electrons. The number of likely N-dealkylation sites (tertiary alicyclic amines) is 1. The molecule has 2 bridgehead atoms. The number of nitrogens with zero attached hydrogens (tertiary/aromatic N) is 3. The van der Waals surface area contributed by atoms with Gasteiger partial charge in [-0.2, -0.15) is 0 Å². The topological polar surface area (TPSA) is 75.0 Å². The molecule has 7 heteroatoms. The molecular formula is C26H31N3O4.